The Morgan fingerprint density at radius 2 is 1.67 bits per heavy atom. The third-order valence-electron chi connectivity index (χ3n) is 7.23. The van der Waals surface area contributed by atoms with Crippen molar-refractivity contribution in [3.63, 3.8) is 0 Å². The largest absolute Gasteiger partial charge is 0.496 e. The van der Waals surface area contributed by atoms with E-state index in [1.165, 1.54) is 49.5 Å². The van der Waals surface area contributed by atoms with Crippen LogP contribution >= 0.6 is 10.9 Å². The highest BCUT2D eigenvalue weighted by Gasteiger charge is 2.39. The molecule has 1 amide bonds. The van der Waals surface area contributed by atoms with Gasteiger partial charge >= 0.3 is 6.18 Å². The smallest absolute Gasteiger partial charge is 0.390 e. The van der Waals surface area contributed by atoms with E-state index in [2.05, 4.69) is 5.32 Å². The summed E-state index contributed by atoms with van der Waals surface area (Å²) >= 11 is 0. The number of nitro benzene ring substituents is 1. The fourth-order valence-electron chi connectivity index (χ4n) is 4.97. The first-order valence-electron chi connectivity index (χ1n) is 13.7. The lowest BCUT2D eigenvalue weighted by molar-refractivity contribution is -0.385. The summed E-state index contributed by atoms with van der Waals surface area (Å²) in [6.45, 7) is 3.31. The van der Waals surface area contributed by atoms with E-state index in [1.54, 1.807) is 39.1 Å². The molecule has 3 aromatic carbocycles. The quantitative estimate of drug-likeness (QED) is 0.151. The van der Waals surface area contributed by atoms with Gasteiger partial charge in [0.15, 0.2) is 11.5 Å². The predicted octanol–water partition coefficient (Wildman–Crippen LogP) is 7.11. The highest BCUT2D eigenvalue weighted by Crippen LogP contribution is 2.50. The summed E-state index contributed by atoms with van der Waals surface area (Å²) < 4.78 is 76.6. The Balaban J connectivity index is 1.81. The van der Waals surface area contributed by atoms with E-state index in [4.69, 9.17) is 22.6 Å². The molecule has 0 aliphatic carbocycles. The molecular weight excluding hydrogens is 635 g/mol. The van der Waals surface area contributed by atoms with Crippen molar-refractivity contribution in [3.05, 3.63) is 64.2 Å². The average molecular weight is 670 g/mol. The Labute approximate surface area is 265 Å². The zero-order valence-corrected chi connectivity index (χ0v) is 26.7. The van der Waals surface area contributed by atoms with Gasteiger partial charge in [0.05, 0.1) is 55.9 Å². The molecular formula is C30H34F3N3O9S. The highest BCUT2D eigenvalue weighted by molar-refractivity contribution is 8.21. The Hall–Kier alpha value is -4.41. The fraction of sp³-hybridized carbons (Fsp3) is 0.367. The number of fused-ring (bicyclic) bond motifs is 1. The van der Waals surface area contributed by atoms with E-state index in [-0.39, 0.29) is 41.2 Å². The van der Waals surface area contributed by atoms with Gasteiger partial charge in [-0.25, -0.2) is 0 Å². The van der Waals surface area contributed by atoms with E-state index >= 15 is 0 Å². The van der Waals surface area contributed by atoms with Gasteiger partial charge in [-0.1, -0.05) is 6.07 Å². The van der Waals surface area contributed by atoms with Crippen LogP contribution in [0.3, 0.4) is 0 Å². The molecule has 0 aromatic heterocycles. The number of methoxy groups -OCH3 is 2. The second kappa shape index (κ2) is 13.1. The van der Waals surface area contributed by atoms with Gasteiger partial charge in [0.25, 0.3) is 11.6 Å². The number of alkyl halides is 3. The molecule has 2 N–H and O–H groups in total. The van der Waals surface area contributed by atoms with Gasteiger partial charge < -0.3 is 28.6 Å². The van der Waals surface area contributed by atoms with Gasteiger partial charge in [0.2, 0.25) is 0 Å². The molecule has 1 atom stereocenters. The Morgan fingerprint density at radius 1 is 1.00 bits per heavy atom. The van der Waals surface area contributed by atoms with E-state index < -0.39 is 39.7 Å². The fourth-order valence-corrected chi connectivity index (χ4v) is 6.18. The van der Waals surface area contributed by atoms with Gasteiger partial charge in [-0.15, -0.1) is 0 Å². The van der Waals surface area contributed by atoms with Crippen LogP contribution in [0.25, 0.3) is 11.1 Å². The molecule has 1 unspecified atom stereocenters. The lowest BCUT2D eigenvalue weighted by Crippen LogP contribution is -2.52. The maximum atomic E-state index is 13.3. The third kappa shape index (κ3) is 7.35. The maximum absolute atomic E-state index is 13.3. The van der Waals surface area contributed by atoms with E-state index in [1.807, 2.05) is 0 Å². The number of carbonyl (C=O) groups is 1. The normalized spacial score (nSPS) is 16.0. The molecule has 4 rings (SSSR count). The molecule has 0 saturated heterocycles. The van der Waals surface area contributed by atoms with E-state index in [0.29, 0.717) is 28.1 Å². The van der Waals surface area contributed by atoms with Crippen molar-refractivity contribution in [3.8, 4) is 34.1 Å². The van der Waals surface area contributed by atoms with Gasteiger partial charge in [0.1, 0.15) is 34.5 Å². The zero-order chi connectivity index (χ0) is 34.0. The topological polar surface area (TPSA) is 142 Å². The molecule has 0 fully saturated rings. The van der Waals surface area contributed by atoms with Crippen molar-refractivity contribution >= 4 is 33.8 Å². The molecule has 1 aliphatic rings. The lowest BCUT2D eigenvalue weighted by Gasteiger charge is -2.39. The number of carbonyl (C=O) groups excluding carboxylic acids is 1. The van der Waals surface area contributed by atoms with Crippen molar-refractivity contribution in [2.45, 2.75) is 38.6 Å². The van der Waals surface area contributed by atoms with Crippen LogP contribution < -0.4 is 28.6 Å². The summed E-state index contributed by atoms with van der Waals surface area (Å²) in [6, 6.07) is 11.9. The van der Waals surface area contributed by atoms with Crippen molar-refractivity contribution in [2.24, 2.45) is 0 Å². The van der Waals surface area contributed by atoms with Crippen LogP contribution in [0, 0.1) is 10.1 Å². The Morgan fingerprint density at radius 3 is 2.28 bits per heavy atom. The van der Waals surface area contributed by atoms with Crippen LogP contribution in [0.2, 0.25) is 0 Å². The van der Waals surface area contributed by atoms with Gasteiger partial charge in [0, 0.05) is 30.3 Å². The molecule has 0 bridgehead atoms. The summed E-state index contributed by atoms with van der Waals surface area (Å²) in [6.07, 6.45) is -5.84. The molecule has 0 saturated carbocycles. The lowest BCUT2D eigenvalue weighted by atomic mass is 9.91. The van der Waals surface area contributed by atoms with Crippen LogP contribution in [0.4, 0.5) is 30.2 Å². The first-order valence-corrected chi connectivity index (χ1v) is 15.3. The minimum Gasteiger partial charge on any atom is -0.496 e. The number of hydrogen-bond acceptors (Lipinski definition) is 10. The number of nitrogens with one attached hydrogen (secondary N) is 1. The number of rotatable bonds is 12. The van der Waals surface area contributed by atoms with E-state index in [0.717, 1.165) is 7.11 Å². The molecule has 1 heterocycles. The summed E-state index contributed by atoms with van der Waals surface area (Å²) in [4.78, 5) is 25.7. The number of likely N-dealkylation sites (N-methyl/N-ethyl adjacent to an activating group) is 1. The minimum absolute atomic E-state index is 0.00470. The molecule has 16 heteroatoms. The summed E-state index contributed by atoms with van der Waals surface area (Å²) in [5.74, 6) is -0.474. The number of ether oxygens (including phenoxy) is 3. The minimum atomic E-state index is -4.53. The summed E-state index contributed by atoms with van der Waals surface area (Å²) in [5.41, 5.74) is 1.50. The number of amides is 1. The zero-order valence-electron chi connectivity index (χ0n) is 25.9. The molecule has 0 radical (unpaired) electrons. The van der Waals surface area contributed by atoms with Crippen LogP contribution in [0.1, 0.15) is 25.8 Å². The number of hydrogen-bond donors (Lipinski definition) is 2. The third-order valence-corrected chi connectivity index (χ3v) is 8.92. The first kappa shape index (κ1) is 34.5. The number of nitrogens with zero attached hydrogens (tertiary/aromatic N) is 2. The molecule has 250 valence electrons. The van der Waals surface area contributed by atoms with Crippen LogP contribution in [-0.4, -0.2) is 61.2 Å². The van der Waals surface area contributed by atoms with Crippen LogP contribution in [-0.2, 0) is 15.6 Å². The van der Waals surface area contributed by atoms with E-state index in [9.17, 15) is 32.6 Å². The maximum Gasteiger partial charge on any atom is 0.390 e. The average Bonchev–Trinajstić information content (AvgIpc) is 3.00. The van der Waals surface area contributed by atoms with Crippen molar-refractivity contribution in [1.29, 1.82) is 0 Å². The number of nitro groups is 1. The number of non-ortho nitro benzene ring substituents is 1. The standard InChI is InChI=1S/C30H34F3N3O9S/c1-29(2)28(37)35(3)27-22(17-44-26-15-18(36(38)39)7-12-24(26)41-4)20(10-11-23(27)34-29)21-9-8-19(16-25(21)42-5)45-46(40,43-6)14-13-30(31,32)33/h7-12,15-16,34,40H,13-14,17H2,1-6H3. The van der Waals surface area contributed by atoms with Crippen molar-refractivity contribution < 1.29 is 50.0 Å². The monoisotopic (exact) mass is 669 g/mol. The van der Waals surface area contributed by atoms with Crippen LogP contribution in [0.5, 0.6) is 23.0 Å². The highest BCUT2D eigenvalue weighted by atomic mass is 32.3. The Kier molecular flexibility index (Phi) is 9.84. The van der Waals surface area contributed by atoms with Gasteiger partial charge in [-0.3, -0.25) is 23.6 Å². The van der Waals surface area contributed by atoms with Gasteiger partial charge in [-0.2, -0.15) is 13.2 Å². The van der Waals surface area contributed by atoms with Crippen molar-refractivity contribution in [1.82, 2.24) is 0 Å². The Bertz CT molecular complexity index is 1640. The second-order valence-corrected chi connectivity index (χ2v) is 12.8. The summed E-state index contributed by atoms with van der Waals surface area (Å²) in [5, 5.41) is 14.7. The number of benzene rings is 3. The SMILES string of the molecule is COc1ccc([N+](=O)[O-])cc1OCc1c(-c2ccc(OS(O)(CCC(F)(F)F)OC)cc2OC)ccc2c1N(C)C(=O)C(C)(C)N2. The molecule has 12 nitrogen and oxygen atoms in total. The molecule has 46 heavy (non-hydrogen) atoms. The number of halogens is 3. The molecule has 3 aromatic rings. The number of anilines is 2. The van der Waals surface area contributed by atoms with Gasteiger partial charge in [-0.05, 0) is 43.7 Å². The molecule has 0 spiro atoms. The first-order chi connectivity index (χ1) is 21.5. The summed E-state index contributed by atoms with van der Waals surface area (Å²) in [7, 11) is 1.88. The van der Waals surface area contributed by atoms with Crippen molar-refractivity contribution in [2.75, 3.05) is 44.3 Å². The van der Waals surface area contributed by atoms with Crippen LogP contribution in [0.15, 0.2) is 48.5 Å². The second-order valence-electron chi connectivity index (χ2n) is 10.7. The predicted molar refractivity (Wildman–Crippen MR) is 167 cm³/mol. The molecule has 1 aliphatic heterocycles.